The highest BCUT2D eigenvalue weighted by atomic mass is 35.5. The first-order chi connectivity index (χ1) is 19.8. The normalized spacial score (nSPS) is 15.4. The summed E-state index contributed by atoms with van der Waals surface area (Å²) in [7, 11) is 0. The van der Waals surface area contributed by atoms with Gasteiger partial charge in [0.2, 0.25) is 0 Å². The van der Waals surface area contributed by atoms with Crippen molar-refractivity contribution in [2.24, 2.45) is 9.98 Å². The Morgan fingerprint density at radius 2 is 1.36 bits per heavy atom. The molecule has 0 atom stereocenters. The molecule has 1 heterocycles. The van der Waals surface area contributed by atoms with Crippen molar-refractivity contribution in [3.8, 4) is 0 Å². The number of alkyl halides is 6. The van der Waals surface area contributed by atoms with E-state index in [1.165, 1.54) is 0 Å². The van der Waals surface area contributed by atoms with E-state index in [0.29, 0.717) is 37.5 Å². The quantitative estimate of drug-likeness (QED) is 0.164. The van der Waals surface area contributed by atoms with Crippen LogP contribution in [0.4, 0.5) is 37.7 Å². The predicted octanol–water partition coefficient (Wildman–Crippen LogP) is 9.30. The van der Waals surface area contributed by atoms with Gasteiger partial charge in [-0.1, -0.05) is 55.8 Å². The van der Waals surface area contributed by atoms with Crippen molar-refractivity contribution in [3.05, 3.63) is 93.5 Å². The lowest BCUT2D eigenvalue weighted by Gasteiger charge is -2.39. The van der Waals surface area contributed by atoms with Crippen molar-refractivity contribution in [2.75, 3.05) is 19.8 Å². The van der Waals surface area contributed by atoms with Crippen LogP contribution in [-0.4, -0.2) is 41.2 Å². The number of aryl methyl sites for hydroxylation is 2. The zero-order valence-corrected chi connectivity index (χ0v) is 24.2. The first kappa shape index (κ1) is 31.4. The van der Waals surface area contributed by atoms with E-state index in [-0.39, 0.29) is 34.8 Å². The number of amidine groups is 2. The Kier molecular flexibility index (Phi) is 9.55. The zero-order valence-electron chi connectivity index (χ0n) is 23.5. The van der Waals surface area contributed by atoms with E-state index in [1.807, 2.05) is 43.9 Å². The summed E-state index contributed by atoms with van der Waals surface area (Å²) in [6, 6.07) is 14.0. The smallest absolute Gasteiger partial charge is 0.342 e. The lowest BCUT2D eigenvalue weighted by atomic mass is 10.0. The van der Waals surface area contributed by atoms with Crippen LogP contribution < -0.4 is 0 Å². The van der Waals surface area contributed by atoms with Crippen LogP contribution in [-0.2, 0) is 25.2 Å². The number of aliphatic imine (C=N–C) groups is 2. The van der Waals surface area contributed by atoms with E-state index in [0.717, 1.165) is 29.7 Å². The van der Waals surface area contributed by atoms with Gasteiger partial charge in [-0.2, -0.15) is 26.3 Å². The standard InChI is InChI=1S/C31H31ClF6N4/c1-4-21-10-8-11-22(5-2)28(21)39-20(3)41-14-9-15-42(19-41)29(40-27-13-7-6-12-26(27)32)23-16-24(30(33,34)35)18-25(17-23)31(36,37)38/h6-8,10-13,16-18H,4-5,9,14-15,19H2,1-3H3. The van der Waals surface area contributed by atoms with E-state index < -0.39 is 23.5 Å². The second kappa shape index (κ2) is 12.8. The van der Waals surface area contributed by atoms with Gasteiger partial charge in [-0.3, -0.25) is 0 Å². The highest BCUT2D eigenvalue weighted by Crippen LogP contribution is 2.37. The minimum absolute atomic E-state index is 0.0413. The summed E-state index contributed by atoms with van der Waals surface area (Å²) in [5.41, 5.74) is 0.169. The van der Waals surface area contributed by atoms with Gasteiger partial charge in [0, 0.05) is 18.7 Å². The molecule has 0 unspecified atom stereocenters. The maximum Gasteiger partial charge on any atom is 0.416 e. The molecule has 0 aliphatic carbocycles. The number of hydrogen-bond acceptors (Lipinski definition) is 2. The minimum Gasteiger partial charge on any atom is -0.342 e. The highest BCUT2D eigenvalue weighted by Gasteiger charge is 2.38. The van der Waals surface area contributed by atoms with E-state index in [9.17, 15) is 26.3 Å². The first-order valence-corrected chi connectivity index (χ1v) is 14.0. The van der Waals surface area contributed by atoms with E-state index >= 15 is 0 Å². The molecule has 0 radical (unpaired) electrons. The molecule has 224 valence electrons. The van der Waals surface area contributed by atoms with Crippen molar-refractivity contribution in [2.45, 2.75) is 52.4 Å². The maximum absolute atomic E-state index is 13.8. The number of benzene rings is 3. The Hall–Kier alpha value is -3.53. The molecule has 0 bridgehead atoms. The Bertz CT molecular complexity index is 1420. The van der Waals surface area contributed by atoms with Gasteiger partial charge in [-0.25, -0.2) is 9.98 Å². The number of halogens is 7. The van der Waals surface area contributed by atoms with Crippen LogP contribution in [0.5, 0.6) is 0 Å². The van der Waals surface area contributed by atoms with E-state index in [4.69, 9.17) is 16.6 Å². The van der Waals surface area contributed by atoms with Gasteiger partial charge in [0.05, 0.1) is 34.2 Å². The average Bonchev–Trinajstić information content (AvgIpc) is 2.95. The van der Waals surface area contributed by atoms with Crippen LogP contribution in [0.2, 0.25) is 5.02 Å². The fourth-order valence-electron chi connectivity index (χ4n) is 4.89. The van der Waals surface area contributed by atoms with Crippen LogP contribution in [0.3, 0.4) is 0 Å². The Morgan fingerprint density at radius 1 is 0.786 bits per heavy atom. The summed E-state index contributed by atoms with van der Waals surface area (Å²) in [4.78, 5) is 13.1. The van der Waals surface area contributed by atoms with Crippen LogP contribution in [0, 0.1) is 0 Å². The van der Waals surface area contributed by atoms with Gasteiger partial charge in [-0.05, 0) is 67.6 Å². The van der Waals surface area contributed by atoms with Gasteiger partial charge in [-0.15, -0.1) is 0 Å². The molecule has 0 N–H and O–H groups in total. The Morgan fingerprint density at radius 3 is 1.90 bits per heavy atom. The SMILES string of the molecule is CCc1cccc(CC)c1N=C(C)N1CCCN(C(=Nc2ccccc2Cl)c2cc(C(F)(F)F)cc(C(F)(F)F)c2)C1. The lowest BCUT2D eigenvalue weighted by Crippen LogP contribution is -2.49. The van der Waals surface area contributed by atoms with Gasteiger partial charge in [0.15, 0.2) is 0 Å². The topological polar surface area (TPSA) is 31.2 Å². The second-order valence-corrected chi connectivity index (χ2v) is 10.4. The summed E-state index contributed by atoms with van der Waals surface area (Å²) < 4.78 is 82.6. The van der Waals surface area contributed by atoms with Gasteiger partial charge >= 0.3 is 12.4 Å². The van der Waals surface area contributed by atoms with Crippen molar-refractivity contribution in [1.29, 1.82) is 0 Å². The average molecular weight is 609 g/mol. The molecule has 0 saturated carbocycles. The maximum atomic E-state index is 13.8. The summed E-state index contributed by atoms with van der Waals surface area (Å²) in [5, 5.41) is 0.216. The molecule has 1 aliphatic rings. The second-order valence-electron chi connectivity index (χ2n) is 9.99. The van der Waals surface area contributed by atoms with Crippen molar-refractivity contribution >= 4 is 34.6 Å². The van der Waals surface area contributed by atoms with Crippen LogP contribution >= 0.6 is 11.6 Å². The molecule has 1 fully saturated rings. The fraction of sp³-hybridized carbons (Fsp3) is 0.355. The molecule has 4 nitrogen and oxygen atoms in total. The van der Waals surface area contributed by atoms with E-state index in [1.54, 1.807) is 29.2 Å². The van der Waals surface area contributed by atoms with Gasteiger partial charge in [0.1, 0.15) is 11.7 Å². The van der Waals surface area contributed by atoms with Crippen LogP contribution in [0.1, 0.15) is 55.0 Å². The van der Waals surface area contributed by atoms with Crippen molar-refractivity contribution in [1.82, 2.24) is 9.80 Å². The van der Waals surface area contributed by atoms with E-state index in [2.05, 4.69) is 4.99 Å². The van der Waals surface area contributed by atoms with Crippen molar-refractivity contribution < 1.29 is 26.3 Å². The molecule has 1 aliphatic heterocycles. The highest BCUT2D eigenvalue weighted by molar-refractivity contribution is 6.33. The van der Waals surface area contributed by atoms with Gasteiger partial charge < -0.3 is 9.80 Å². The number of rotatable bonds is 5. The summed E-state index contributed by atoms with van der Waals surface area (Å²) in [6.45, 7) is 7.08. The number of hydrogen-bond donors (Lipinski definition) is 0. The third-order valence-corrected chi connectivity index (χ3v) is 7.44. The zero-order chi connectivity index (χ0) is 30.7. The third-order valence-electron chi connectivity index (χ3n) is 7.12. The monoisotopic (exact) mass is 608 g/mol. The summed E-state index contributed by atoms with van der Waals surface area (Å²) in [5.74, 6) is 0.646. The lowest BCUT2D eigenvalue weighted by molar-refractivity contribution is -0.143. The summed E-state index contributed by atoms with van der Waals surface area (Å²) >= 11 is 6.31. The molecular formula is C31H31ClF6N4. The van der Waals surface area contributed by atoms with Crippen LogP contribution in [0.25, 0.3) is 0 Å². The number of para-hydroxylation sites is 2. The van der Waals surface area contributed by atoms with Crippen LogP contribution in [0.15, 0.2) is 70.6 Å². The molecule has 42 heavy (non-hydrogen) atoms. The third kappa shape index (κ3) is 7.27. The Labute approximate surface area is 246 Å². The molecule has 4 rings (SSSR count). The van der Waals surface area contributed by atoms with Crippen molar-refractivity contribution in [3.63, 3.8) is 0 Å². The molecule has 11 heteroatoms. The minimum atomic E-state index is -4.99. The number of nitrogens with zero attached hydrogens (tertiary/aromatic N) is 4. The molecule has 3 aromatic rings. The molecular weight excluding hydrogens is 578 g/mol. The molecule has 0 spiro atoms. The molecule has 3 aromatic carbocycles. The predicted molar refractivity (Wildman–Crippen MR) is 155 cm³/mol. The molecule has 0 aromatic heterocycles. The fourth-order valence-corrected chi connectivity index (χ4v) is 5.06. The Balaban J connectivity index is 1.81. The molecule has 1 saturated heterocycles. The first-order valence-electron chi connectivity index (χ1n) is 13.6. The summed E-state index contributed by atoms with van der Waals surface area (Å²) in [6.07, 6.45) is -7.83. The molecule has 0 amide bonds. The van der Waals surface area contributed by atoms with Gasteiger partial charge in [0.25, 0.3) is 0 Å². The largest absolute Gasteiger partial charge is 0.416 e.